The molecule has 8 nitrogen and oxygen atoms in total. The van der Waals surface area contributed by atoms with Crippen molar-refractivity contribution in [2.45, 2.75) is 6.10 Å². The van der Waals surface area contributed by atoms with Gasteiger partial charge in [-0.25, -0.2) is 4.90 Å². The molecule has 2 aromatic carbocycles. The quantitative estimate of drug-likeness (QED) is 0.468. The standard InChI is InChI=1S/C17H10ClN3O5/c18-10-2-1-3-12(8-10)20-16(22)13-14(19-26-15(13)17(20)23)9-4-6-11(7-5-9)21(24)25/h1-8,13,15H/t13-,15-/m1/s1. The van der Waals surface area contributed by atoms with Gasteiger partial charge in [-0.2, -0.15) is 0 Å². The smallest absolute Gasteiger partial charge is 0.278 e. The summed E-state index contributed by atoms with van der Waals surface area (Å²) in [5, 5.41) is 15.0. The average Bonchev–Trinajstić information content (AvgIpc) is 3.16. The van der Waals surface area contributed by atoms with Gasteiger partial charge in [0.2, 0.25) is 12.0 Å². The molecule has 0 saturated carbocycles. The van der Waals surface area contributed by atoms with Crippen LogP contribution in [-0.2, 0) is 14.4 Å². The highest BCUT2D eigenvalue weighted by Gasteiger charge is 2.56. The fourth-order valence-electron chi connectivity index (χ4n) is 3.04. The van der Waals surface area contributed by atoms with Crippen LogP contribution in [0.3, 0.4) is 0 Å². The molecule has 2 heterocycles. The third kappa shape index (κ3) is 2.42. The summed E-state index contributed by atoms with van der Waals surface area (Å²) in [5.41, 5.74) is 1.03. The molecule has 2 amide bonds. The van der Waals surface area contributed by atoms with Gasteiger partial charge in [-0.3, -0.25) is 19.7 Å². The molecule has 0 radical (unpaired) electrons. The Bertz CT molecular complexity index is 973. The number of fused-ring (bicyclic) bond motifs is 1. The van der Waals surface area contributed by atoms with Gasteiger partial charge >= 0.3 is 0 Å². The number of benzene rings is 2. The molecular weight excluding hydrogens is 362 g/mol. The Hall–Kier alpha value is -3.26. The van der Waals surface area contributed by atoms with Gasteiger partial charge in [-0.15, -0.1) is 0 Å². The monoisotopic (exact) mass is 371 g/mol. The summed E-state index contributed by atoms with van der Waals surface area (Å²) in [5.74, 6) is -1.90. The van der Waals surface area contributed by atoms with Crippen molar-refractivity contribution in [3.05, 3.63) is 69.2 Å². The number of imide groups is 1. The maximum atomic E-state index is 12.9. The van der Waals surface area contributed by atoms with Crippen LogP contribution >= 0.6 is 11.6 Å². The first-order valence-corrected chi connectivity index (χ1v) is 7.97. The van der Waals surface area contributed by atoms with Crippen LogP contribution in [-0.4, -0.2) is 28.6 Å². The van der Waals surface area contributed by atoms with Crippen LogP contribution in [0, 0.1) is 16.0 Å². The minimum Gasteiger partial charge on any atom is -0.381 e. The van der Waals surface area contributed by atoms with Crippen LogP contribution in [0.25, 0.3) is 0 Å². The maximum Gasteiger partial charge on any atom is 0.278 e. The Morgan fingerprint density at radius 3 is 2.50 bits per heavy atom. The molecule has 0 N–H and O–H groups in total. The molecule has 2 aromatic rings. The lowest BCUT2D eigenvalue weighted by molar-refractivity contribution is -0.384. The van der Waals surface area contributed by atoms with Crippen LogP contribution in [0.2, 0.25) is 5.02 Å². The topological polar surface area (TPSA) is 102 Å². The van der Waals surface area contributed by atoms with Crippen molar-refractivity contribution in [1.29, 1.82) is 0 Å². The fourth-order valence-corrected chi connectivity index (χ4v) is 3.22. The first-order chi connectivity index (χ1) is 12.5. The number of carbonyl (C=O) groups excluding carboxylic acids is 2. The molecule has 0 spiro atoms. The van der Waals surface area contributed by atoms with Crippen LogP contribution in [0.15, 0.2) is 53.7 Å². The predicted molar refractivity (Wildman–Crippen MR) is 91.9 cm³/mol. The zero-order valence-corrected chi connectivity index (χ0v) is 13.8. The Kier molecular flexibility index (Phi) is 3.69. The molecule has 2 aliphatic rings. The first kappa shape index (κ1) is 16.2. The van der Waals surface area contributed by atoms with Crippen LogP contribution in [0.1, 0.15) is 5.56 Å². The van der Waals surface area contributed by atoms with Gasteiger partial charge in [-0.1, -0.05) is 22.8 Å². The second kappa shape index (κ2) is 5.92. The normalized spacial score (nSPS) is 21.4. The van der Waals surface area contributed by atoms with E-state index in [9.17, 15) is 19.7 Å². The van der Waals surface area contributed by atoms with Gasteiger partial charge in [0.1, 0.15) is 11.6 Å². The second-order valence-corrected chi connectivity index (χ2v) is 6.21. The van der Waals surface area contributed by atoms with E-state index >= 15 is 0 Å². The summed E-state index contributed by atoms with van der Waals surface area (Å²) in [4.78, 5) is 41.9. The van der Waals surface area contributed by atoms with Gasteiger partial charge in [0, 0.05) is 22.7 Å². The number of non-ortho nitro benzene ring substituents is 1. The van der Waals surface area contributed by atoms with Crippen LogP contribution < -0.4 is 4.90 Å². The molecule has 9 heteroatoms. The van der Waals surface area contributed by atoms with Crippen molar-refractivity contribution in [2.24, 2.45) is 11.1 Å². The molecule has 0 aromatic heterocycles. The molecule has 4 rings (SSSR count). The summed E-state index contributed by atoms with van der Waals surface area (Å²) in [7, 11) is 0. The molecule has 0 bridgehead atoms. The lowest BCUT2D eigenvalue weighted by Gasteiger charge is -2.15. The Labute approximate surface area is 151 Å². The number of carbonyl (C=O) groups is 2. The van der Waals surface area contributed by atoms with Crippen molar-refractivity contribution >= 4 is 40.5 Å². The van der Waals surface area contributed by atoms with E-state index in [0.29, 0.717) is 16.3 Å². The number of amides is 2. The lowest BCUT2D eigenvalue weighted by Crippen LogP contribution is -2.33. The molecule has 1 fully saturated rings. The molecule has 1 saturated heterocycles. The SMILES string of the molecule is O=C1[C@@H]2C(c3ccc([N+](=O)[O-])cc3)=NO[C@H]2C(=O)N1c1cccc(Cl)c1. The van der Waals surface area contributed by atoms with E-state index in [-0.39, 0.29) is 11.4 Å². The van der Waals surface area contributed by atoms with Crippen LogP contribution in [0.5, 0.6) is 0 Å². The summed E-state index contributed by atoms with van der Waals surface area (Å²) in [6, 6.07) is 12.0. The Morgan fingerprint density at radius 2 is 1.85 bits per heavy atom. The number of hydrogen-bond donors (Lipinski definition) is 0. The number of nitro groups is 1. The second-order valence-electron chi connectivity index (χ2n) is 5.78. The Balaban J connectivity index is 1.67. The van der Waals surface area contributed by atoms with E-state index in [2.05, 4.69) is 5.16 Å². The average molecular weight is 372 g/mol. The van der Waals surface area contributed by atoms with Crippen molar-refractivity contribution < 1.29 is 19.3 Å². The number of oxime groups is 1. The summed E-state index contributed by atoms with van der Waals surface area (Å²) < 4.78 is 0. The maximum absolute atomic E-state index is 12.9. The molecule has 130 valence electrons. The van der Waals surface area contributed by atoms with Gasteiger partial charge < -0.3 is 4.84 Å². The van der Waals surface area contributed by atoms with Crippen LogP contribution in [0.4, 0.5) is 11.4 Å². The molecule has 2 aliphatic heterocycles. The van der Waals surface area contributed by atoms with Gasteiger partial charge in [0.15, 0.2) is 0 Å². The van der Waals surface area contributed by atoms with Crippen molar-refractivity contribution in [3.8, 4) is 0 Å². The van der Waals surface area contributed by atoms with E-state index in [0.717, 1.165) is 4.90 Å². The number of halogens is 1. The number of anilines is 1. The zero-order valence-electron chi connectivity index (χ0n) is 13.0. The third-order valence-corrected chi connectivity index (χ3v) is 4.49. The van der Waals surface area contributed by atoms with E-state index < -0.39 is 28.8 Å². The first-order valence-electron chi connectivity index (χ1n) is 7.59. The highest BCUT2D eigenvalue weighted by Crippen LogP contribution is 2.36. The number of nitrogens with zero attached hydrogens (tertiary/aromatic N) is 3. The summed E-state index contributed by atoms with van der Waals surface area (Å²) in [6.07, 6.45) is -1.05. The number of nitro benzene ring substituents is 1. The number of hydrogen-bond acceptors (Lipinski definition) is 6. The molecular formula is C17H10ClN3O5. The van der Waals surface area contributed by atoms with Gasteiger partial charge in [0.25, 0.3) is 11.6 Å². The number of rotatable bonds is 3. The Morgan fingerprint density at radius 1 is 1.12 bits per heavy atom. The lowest BCUT2D eigenvalue weighted by atomic mass is 9.94. The highest BCUT2D eigenvalue weighted by atomic mass is 35.5. The minimum absolute atomic E-state index is 0.0841. The van der Waals surface area contributed by atoms with E-state index in [1.165, 1.54) is 30.3 Å². The van der Waals surface area contributed by atoms with Gasteiger partial charge in [-0.05, 0) is 30.3 Å². The molecule has 26 heavy (non-hydrogen) atoms. The predicted octanol–water partition coefficient (Wildman–Crippen LogP) is 2.54. The highest BCUT2D eigenvalue weighted by molar-refractivity contribution is 6.34. The van der Waals surface area contributed by atoms with Crippen molar-refractivity contribution in [3.63, 3.8) is 0 Å². The largest absolute Gasteiger partial charge is 0.381 e. The van der Waals surface area contributed by atoms with Crippen molar-refractivity contribution in [2.75, 3.05) is 4.90 Å². The molecule has 0 aliphatic carbocycles. The van der Waals surface area contributed by atoms with Crippen molar-refractivity contribution in [1.82, 2.24) is 0 Å². The summed E-state index contributed by atoms with van der Waals surface area (Å²) in [6.45, 7) is 0. The van der Waals surface area contributed by atoms with E-state index in [4.69, 9.17) is 16.4 Å². The molecule has 2 atom stereocenters. The zero-order chi connectivity index (χ0) is 18.4. The van der Waals surface area contributed by atoms with E-state index in [1.54, 1.807) is 18.2 Å². The van der Waals surface area contributed by atoms with E-state index in [1.807, 2.05) is 0 Å². The minimum atomic E-state index is -1.05. The molecule has 0 unspecified atom stereocenters. The third-order valence-electron chi connectivity index (χ3n) is 4.25. The fraction of sp³-hybridized carbons (Fsp3) is 0.118. The van der Waals surface area contributed by atoms with Gasteiger partial charge in [0.05, 0.1) is 10.6 Å². The summed E-state index contributed by atoms with van der Waals surface area (Å²) >= 11 is 5.94.